The van der Waals surface area contributed by atoms with E-state index in [1.54, 1.807) is 12.1 Å². The zero-order chi connectivity index (χ0) is 14.6. The summed E-state index contributed by atoms with van der Waals surface area (Å²) in [4.78, 5) is 0. The van der Waals surface area contributed by atoms with Crippen LogP contribution in [0.1, 0.15) is 32.6 Å². The molecule has 3 nitrogen and oxygen atoms in total. The molecule has 0 spiro atoms. The van der Waals surface area contributed by atoms with Crippen LogP contribution in [-0.4, -0.2) is 24.7 Å². The molecule has 0 heterocycles. The highest BCUT2D eigenvalue weighted by Crippen LogP contribution is 2.32. The lowest BCUT2D eigenvalue weighted by molar-refractivity contribution is 0.284. The van der Waals surface area contributed by atoms with Crippen molar-refractivity contribution in [3.63, 3.8) is 0 Å². The van der Waals surface area contributed by atoms with E-state index in [-0.39, 0.29) is 16.6 Å². The number of benzene rings is 1. The number of likely N-dealkylation sites (N-methyl/N-ethyl adjacent to an activating group) is 1. The summed E-state index contributed by atoms with van der Waals surface area (Å²) in [6, 6.07) is 4.99. The number of nitrogens with one attached hydrogen (secondary N) is 2. The molecule has 2 atom stereocenters. The Hall–Kier alpha value is -0.840. The molecule has 20 heavy (non-hydrogen) atoms. The number of nitrogens with two attached hydrogens (primary N) is 1. The molecule has 0 radical (unpaired) electrons. The maximum atomic E-state index is 13.2. The van der Waals surface area contributed by atoms with Gasteiger partial charge in [-0.3, -0.25) is 0 Å². The molecule has 1 aliphatic rings. The molecule has 0 aromatic heterocycles. The second kappa shape index (κ2) is 6.74. The van der Waals surface area contributed by atoms with Gasteiger partial charge in [0.2, 0.25) is 0 Å². The first-order valence-corrected chi connectivity index (χ1v) is 7.62. The van der Waals surface area contributed by atoms with Gasteiger partial charge in [0.25, 0.3) is 0 Å². The van der Waals surface area contributed by atoms with Gasteiger partial charge in [-0.2, -0.15) is 0 Å². The lowest BCUT2D eigenvalue weighted by Crippen LogP contribution is -2.53. The third-order valence-corrected chi connectivity index (χ3v) is 4.22. The fourth-order valence-corrected chi connectivity index (χ4v) is 3.15. The minimum atomic E-state index is -0.390. The normalized spacial score (nSPS) is 26.5. The molecule has 0 amide bonds. The minimum Gasteiger partial charge on any atom is -0.378 e. The highest BCUT2D eigenvalue weighted by molar-refractivity contribution is 6.31. The van der Waals surface area contributed by atoms with Gasteiger partial charge in [-0.05, 0) is 50.4 Å². The summed E-state index contributed by atoms with van der Waals surface area (Å²) in [6.45, 7) is 3.86. The van der Waals surface area contributed by atoms with Crippen LogP contribution >= 0.6 is 11.6 Å². The number of halogens is 2. The van der Waals surface area contributed by atoms with E-state index in [2.05, 4.69) is 17.6 Å². The molecule has 4 N–H and O–H groups in total. The Morgan fingerprint density at radius 3 is 2.95 bits per heavy atom. The Bertz CT molecular complexity index is 455. The SMILES string of the molecule is CCNCC1(Nc2ccc(F)c(Cl)c2)CCCC(N)C1. The van der Waals surface area contributed by atoms with E-state index >= 15 is 0 Å². The maximum Gasteiger partial charge on any atom is 0.141 e. The summed E-state index contributed by atoms with van der Waals surface area (Å²) in [5, 5.41) is 7.08. The average molecular weight is 300 g/mol. The van der Waals surface area contributed by atoms with E-state index in [1.807, 2.05) is 0 Å². The van der Waals surface area contributed by atoms with E-state index in [0.717, 1.165) is 44.5 Å². The van der Waals surface area contributed by atoms with Gasteiger partial charge < -0.3 is 16.4 Å². The Morgan fingerprint density at radius 2 is 2.30 bits per heavy atom. The van der Waals surface area contributed by atoms with Gasteiger partial charge in [0, 0.05) is 18.3 Å². The van der Waals surface area contributed by atoms with E-state index in [9.17, 15) is 4.39 Å². The Morgan fingerprint density at radius 1 is 1.50 bits per heavy atom. The number of hydrogen-bond donors (Lipinski definition) is 3. The van der Waals surface area contributed by atoms with Crippen LogP contribution in [0.5, 0.6) is 0 Å². The summed E-state index contributed by atoms with van der Waals surface area (Å²) < 4.78 is 13.2. The predicted molar refractivity (Wildman–Crippen MR) is 82.8 cm³/mol. The van der Waals surface area contributed by atoms with E-state index < -0.39 is 5.82 Å². The van der Waals surface area contributed by atoms with Gasteiger partial charge in [-0.15, -0.1) is 0 Å². The van der Waals surface area contributed by atoms with Gasteiger partial charge >= 0.3 is 0 Å². The summed E-state index contributed by atoms with van der Waals surface area (Å²) in [6.07, 6.45) is 4.14. The van der Waals surface area contributed by atoms with Crippen LogP contribution in [0.3, 0.4) is 0 Å². The van der Waals surface area contributed by atoms with Crippen molar-refractivity contribution in [1.82, 2.24) is 5.32 Å². The van der Waals surface area contributed by atoms with Gasteiger partial charge in [-0.25, -0.2) is 4.39 Å². The maximum absolute atomic E-state index is 13.2. The third-order valence-electron chi connectivity index (χ3n) is 3.93. The van der Waals surface area contributed by atoms with E-state index in [0.29, 0.717) is 0 Å². The van der Waals surface area contributed by atoms with Crippen molar-refractivity contribution < 1.29 is 4.39 Å². The molecule has 1 saturated carbocycles. The molecule has 0 saturated heterocycles. The Balaban J connectivity index is 2.15. The highest BCUT2D eigenvalue weighted by Gasteiger charge is 2.34. The van der Waals surface area contributed by atoms with Crippen LogP contribution < -0.4 is 16.4 Å². The number of rotatable bonds is 5. The second-order valence-corrected chi connectivity index (χ2v) is 6.08. The minimum absolute atomic E-state index is 0.0746. The number of anilines is 1. The summed E-state index contributed by atoms with van der Waals surface area (Å²) >= 11 is 5.85. The molecule has 2 rings (SSSR count). The molecule has 1 aliphatic carbocycles. The monoisotopic (exact) mass is 299 g/mol. The van der Waals surface area contributed by atoms with Crippen molar-refractivity contribution in [2.75, 3.05) is 18.4 Å². The van der Waals surface area contributed by atoms with Gasteiger partial charge in [0.15, 0.2) is 0 Å². The highest BCUT2D eigenvalue weighted by atomic mass is 35.5. The molecule has 1 aromatic carbocycles. The molecule has 112 valence electrons. The Labute approximate surface area is 125 Å². The van der Waals surface area contributed by atoms with Crippen LogP contribution in [-0.2, 0) is 0 Å². The first kappa shape index (κ1) is 15.5. The first-order chi connectivity index (χ1) is 9.54. The molecule has 1 aromatic rings. The lowest BCUT2D eigenvalue weighted by atomic mass is 9.79. The van der Waals surface area contributed by atoms with Crippen molar-refractivity contribution in [2.24, 2.45) is 5.73 Å². The molecule has 0 bridgehead atoms. The van der Waals surface area contributed by atoms with Crippen LogP contribution in [0.2, 0.25) is 5.02 Å². The van der Waals surface area contributed by atoms with Crippen molar-refractivity contribution in [1.29, 1.82) is 0 Å². The molecule has 5 heteroatoms. The fraction of sp³-hybridized carbons (Fsp3) is 0.600. The van der Waals surface area contributed by atoms with Crippen molar-refractivity contribution in [3.05, 3.63) is 29.0 Å². The fourth-order valence-electron chi connectivity index (χ4n) is 2.97. The van der Waals surface area contributed by atoms with Crippen molar-refractivity contribution >= 4 is 17.3 Å². The van der Waals surface area contributed by atoms with Crippen LogP contribution in [0.4, 0.5) is 10.1 Å². The second-order valence-electron chi connectivity index (χ2n) is 5.67. The third kappa shape index (κ3) is 3.84. The van der Waals surface area contributed by atoms with Gasteiger partial charge in [0.1, 0.15) is 5.82 Å². The average Bonchev–Trinajstić information content (AvgIpc) is 2.41. The smallest absolute Gasteiger partial charge is 0.141 e. The molecule has 2 unspecified atom stereocenters. The van der Waals surface area contributed by atoms with Gasteiger partial charge in [0.05, 0.1) is 10.6 Å². The zero-order valence-corrected chi connectivity index (χ0v) is 12.6. The molecular weight excluding hydrogens is 277 g/mol. The largest absolute Gasteiger partial charge is 0.378 e. The van der Waals surface area contributed by atoms with E-state index in [4.69, 9.17) is 17.3 Å². The molecular formula is C15H23ClFN3. The summed E-state index contributed by atoms with van der Waals surface area (Å²) in [5.74, 6) is -0.390. The van der Waals surface area contributed by atoms with Crippen molar-refractivity contribution in [2.45, 2.75) is 44.2 Å². The predicted octanol–water partition coefficient (Wildman–Crippen LogP) is 3.14. The van der Waals surface area contributed by atoms with Crippen LogP contribution in [0, 0.1) is 5.82 Å². The van der Waals surface area contributed by atoms with Crippen molar-refractivity contribution in [3.8, 4) is 0 Å². The molecule has 0 aliphatic heterocycles. The zero-order valence-electron chi connectivity index (χ0n) is 11.9. The van der Waals surface area contributed by atoms with E-state index in [1.165, 1.54) is 6.07 Å². The van der Waals surface area contributed by atoms with Crippen LogP contribution in [0.25, 0.3) is 0 Å². The Kier molecular flexibility index (Phi) is 5.24. The number of hydrogen-bond acceptors (Lipinski definition) is 3. The summed E-state index contributed by atoms with van der Waals surface area (Å²) in [7, 11) is 0. The lowest BCUT2D eigenvalue weighted by Gasteiger charge is -2.41. The first-order valence-electron chi connectivity index (χ1n) is 7.24. The van der Waals surface area contributed by atoms with Gasteiger partial charge in [-0.1, -0.05) is 18.5 Å². The standard InChI is InChI=1S/C15H23ClFN3/c1-2-19-10-15(7-3-4-11(18)9-15)20-12-5-6-14(17)13(16)8-12/h5-6,8,11,19-20H,2-4,7,9-10,18H2,1H3. The summed E-state index contributed by atoms with van der Waals surface area (Å²) in [5.41, 5.74) is 6.91. The molecule has 1 fully saturated rings. The quantitative estimate of drug-likeness (QED) is 0.783. The topological polar surface area (TPSA) is 50.1 Å². The van der Waals surface area contributed by atoms with Crippen LogP contribution in [0.15, 0.2) is 18.2 Å².